The predicted octanol–water partition coefficient (Wildman–Crippen LogP) is 3.63. The molecule has 2 aromatic heterocycles. The van der Waals surface area contributed by atoms with Gasteiger partial charge < -0.3 is 14.2 Å². The van der Waals surface area contributed by atoms with E-state index >= 15 is 0 Å². The molecule has 0 aliphatic carbocycles. The number of aromatic nitrogens is 3. The Bertz CT molecular complexity index is 1180. The molecule has 1 fully saturated rings. The number of anilines is 3. The van der Waals surface area contributed by atoms with Crippen LogP contribution >= 0.6 is 0 Å². The minimum Gasteiger partial charge on any atom is -0.423 e. The maximum absolute atomic E-state index is 13.0. The molecule has 1 aliphatic heterocycles. The molecule has 1 N–H and O–H groups in total. The molecule has 8 heteroatoms. The van der Waals surface area contributed by atoms with E-state index in [0.717, 1.165) is 18.6 Å². The molecule has 2 aromatic carbocycles. The fourth-order valence-corrected chi connectivity index (χ4v) is 3.74. The zero-order valence-electron chi connectivity index (χ0n) is 17.2. The standard InChI is InChI=1S/C23H22N6O2/c1-16-18(21(30)29-13-11-28(12-14-29)17-7-3-2-4-8-17)15-24-22(25-16)27-23-26-19-9-5-6-10-20(19)31-23/h2-10,15H,11-14H2,1H3,(H,24,25,26,27). The van der Waals surface area contributed by atoms with Crippen molar-refractivity contribution in [2.45, 2.75) is 6.92 Å². The molecule has 4 aromatic rings. The predicted molar refractivity (Wildman–Crippen MR) is 119 cm³/mol. The Hall–Kier alpha value is -3.94. The van der Waals surface area contributed by atoms with Crippen molar-refractivity contribution in [1.82, 2.24) is 19.9 Å². The first-order chi connectivity index (χ1) is 15.2. The lowest BCUT2D eigenvalue weighted by atomic mass is 10.2. The molecule has 1 amide bonds. The molecule has 31 heavy (non-hydrogen) atoms. The molecular formula is C23H22N6O2. The number of hydrogen-bond acceptors (Lipinski definition) is 7. The SMILES string of the molecule is Cc1nc(Nc2nc3ccccc3o2)ncc1C(=O)N1CCN(c2ccccc2)CC1. The van der Waals surface area contributed by atoms with Crippen LogP contribution in [0.2, 0.25) is 0 Å². The molecule has 0 saturated carbocycles. The Balaban J connectivity index is 1.26. The van der Waals surface area contributed by atoms with Crippen molar-refractivity contribution in [2.24, 2.45) is 0 Å². The molecule has 0 radical (unpaired) electrons. The van der Waals surface area contributed by atoms with Gasteiger partial charge in [-0.25, -0.2) is 9.97 Å². The monoisotopic (exact) mass is 414 g/mol. The van der Waals surface area contributed by atoms with Crippen LogP contribution in [-0.2, 0) is 0 Å². The Morgan fingerprint density at radius 1 is 0.968 bits per heavy atom. The van der Waals surface area contributed by atoms with Crippen molar-refractivity contribution >= 4 is 34.7 Å². The molecule has 3 heterocycles. The highest BCUT2D eigenvalue weighted by Crippen LogP contribution is 2.21. The maximum Gasteiger partial charge on any atom is 0.302 e. The third-order valence-corrected chi connectivity index (χ3v) is 5.41. The van der Waals surface area contributed by atoms with Gasteiger partial charge in [0.25, 0.3) is 5.91 Å². The summed E-state index contributed by atoms with van der Waals surface area (Å²) in [6.45, 7) is 4.73. The minimum atomic E-state index is -0.0429. The lowest BCUT2D eigenvalue weighted by molar-refractivity contribution is 0.0745. The number of benzene rings is 2. The Morgan fingerprint density at radius 3 is 2.45 bits per heavy atom. The lowest BCUT2D eigenvalue weighted by Crippen LogP contribution is -2.49. The summed E-state index contributed by atoms with van der Waals surface area (Å²) in [7, 11) is 0. The average molecular weight is 414 g/mol. The average Bonchev–Trinajstić information content (AvgIpc) is 3.22. The van der Waals surface area contributed by atoms with Crippen LogP contribution in [0.3, 0.4) is 0 Å². The van der Waals surface area contributed by atoms with Crippen LogP contribution in [0.5, 0.6) is 0 Å². The van der Waals surface area contributed by atoms with E-state index in [2.05, 4.69) is 37.3 Å². The van der Waals surface area contributed by atoms with Crippen molar-refractivity contribution in [2.75, 3.05) is 36.4 Å². The van der Waals surface area contributed by atoms with Gasteiger partial charge in [0.2, 0.25) is 5.95 Å². The topological polar surface area (TPSA) is 87.4 Å². The number of nitrogens with one attached hydrogen (secondary N) is 1. The van der Waals surface area contributed by atoms with E-state index < -0.39 is 0 Å². The number of amides is 1. The Morgan fingerprint density at radius 2 is 1.71 bits per heavy atom. The molecule has 1 saturated heterocycles. The first kappa shape index (κ1) is 19.0. The third-order valence-electron chi connectivity index (χ3n) is 5.41. The van der Waals surface area contributed by atoms with Crippen LogP contribution in [0, 0.1) is 6.92 Å². The van der Waals surface area contributed by atoms with Crippen molar-refractivity contribution in [1.29, 1.82) is 0 Å². The number of hydrogen-bond donors (Lipinski definition) is 1. The minimum absolute atomic E-state index is 0.0429. The van der Waals surface area contributed by atoms with Crippen LogP contribution in [-0.4, -0.2) is 51.9 Å². The van der Waals surface area contributed by atoms with Gasteiger partial charge in [-0.05, 0) is 31.2 Å². The summed E-state index contributed by atoms with van der Waals surface area (Å²) in [4.78, 5) is 30.3. The van der Waals surface area contributed by atoms with Crippen LogP contribution < -0.4 is 10.2 Å². The van der Waals surface area contributed by atoms with Gasteiger partial charge in [-0.1, -0.05) is 30.3 Å². The number of carbonyl (C=O) groups excluding carboxylic acids is 1. The second kappa shape index (κ2) is 8.06. The molecular weight excluding hydrogens is 392 g/mol. The highest BCUT2D eigenvalue weighted by atomic mass is 16.4. The quantitative estimate of drug-likeness (QED) is 0.546. The molecule has 156 valence electrons. The van der Waals surface area contributed by atoms with Gasteiger partial charge in [-0.2, -0.15) is 4.98 Å². The summed E-state index contributed by atoms with van der Waals surface area (Å²) in [5.74, 6) is 0.299. The molecule has 8 nitrogen and oxygen atoms in total. The van der Waals surface area contributed by atoms with Crippen LogP contribution in [0.4, 0.5) is 17.7 Å². The van der Waals surface area contributed by atoms with Gasteiger partial charge in [0.15, 0.2) is 5.58 Å². The summed E-state index contributed by atoms with van der Waals surface area (Å²) >= 11 is 0. The second-order valence-electron chi connectivity index (χ2n) is 7.42. The molecule has 0 bridgehead atoms. The summed E-state index contributed by atoms with van der Waals surface area (Å²) < 4.78 is 5.65. The number of piperazine rings is 1. The van der Waals surface area contributed by atoms with Crippen LogP contribution in [0.25, 0.3) is 11.1 Å². The van der Waals surface area contributed by atoms with E-state index in [9.17, 15) is 4.79 Å². The largest absolute Gasteiger partial charge is 0.423 e. The van der Waals surface area contributed by atoms with E-state index in [1.165, 1.54) is 5.69 Å². The van der Waals surface area contributed by atoms with Crippen LogP contribution in [0.1, 0.15) is 16.1 Å². The van der Waals surface area contributed by atoms with Gasteiger partial charge in [0.05, 0.1) is 11.3 Å². The molecule has 0 unspecified atom stereocenters. The number of carbonyl (C=O) groups is 1. The fourth-order valence-electron chi connectivity index (χ4n) is 3.74. The number of oxazole rings is 1. The smallest absolute Gasteiger partial charge is 0.302 e. The number of fused-ring (bicyclic) bond motifs is 1. The van der Waals surface area contributed by atoms with Gasteiger partial charge in [0.1, 0.15) is 5.52 Å². The van der Waals surface area contributed by atoms with E-state index in [0.29, 0.717) is 41.9 Å². The molecule has 0 spiro atoms. The Labute approximate surface area is 179 Å². The second-order valence-corrected chi connectivity index (χ2v) is 7.42. The fraction of sp³-hybridized carbons (Fsp3) is 0.217. The number of aryl methyl sites for hydroxylation is 1. The first-order valence-corrected chi connectivity index (χ1v) is 10.2. The number of nitrogens with zero attached hydrogens (tertiary/aromatic N) is 5. The zero-order valence-corrected chi connectivity index (χ0v) is 17.2. The van der Waals surface area contributed by atoms with Crippen molar-refractivity contribution in [3.63, 3.8) is 0 Å². The highest BCUT2D eigenvalue weighted by molar-refractivity contribution is 5.95. The van der Waals surface area contributed by atoms with E-state index in [1.807, 2.05) is 54.3 Å². The zero-order chi connectivity index (χ0) is 21.2. The number of rotatable bonds is 4. The van der Waals surface area contributed by atoms with Crippen LogP contribution in [0.15, 0.2) is 65.2 Å². The van der Waals surface area contributed by atoms with E-state index in [-0.39, 0.29) is 5.91 Å². The molecule has 5 rings (SSSR count). The summed E-state index contributed by atoms with van der Waals surface area (Å²) in [6.07, 6.45) is 1.57. The summed E-state index contributed by atoms with van der Waals surface area (Å²) in [6, 6.07) is 18.1. The van der Waals surface area contributed by atoms with Crippen molar-refractivity contribution in [3.05, 3.63) is 72.1 Å². The third kappa shape index (κ3) is 3.92. The summed E-state index contributed by atoms with van der Waals surface area (Å²) in [5, 5.41) is 2.97. The van der Waals surface area contributed by atoms with E-state index in [4.69, 9.17) is 4.42 Å². The normalized spacial score (nSPS) is 14.1. The van der Waals surface area contributed by atoms with Gasteiger partial charge in [-0.15, -0.1) is 0 Å². The van der Waals surface area contributed by atoms with Gasteiger partial charge in [0, 0.05) is 38.1 Å². The summed E-state index contributed by atoms with van der Waals surface area (Å²) in [5.41, 5.74) is 3.75. The number of para-hydroxylation sites is 3. The Kier molecular flexibility index (Phi) is 4.95. The van der Waals surface area contributed by atoms with Gasteiger partial charge in [-0.3, -0.25) is 10.1 Å². The first-order valence-electron chi connectivity index (χ1n) is 10.2. The van der Waals surface area contributed by atoms with Crippen molar-refractivity contribution < 1.29 is 9.21 Å². The van der Waals surface area contributed by atoms with Gasteiger partial charge >= 0.3 is 6.01 Å². The highest BCUT2D eigenvalue weighted by Gasteiger charge is 2.24. The lowest BCUT2D eigenvalue weighted by Gasteiger charge is -2.36. The molecule has 0 atom stereocenters. The maximum atomic E-state index is 13.0. The molecule has 1 aliphatic rings. The van der Waals surface area contributed by atoms with E-state index in [1.54, 1.807) is 6.20 Å². The van der Waals surface area contributed by atoms with Crippen molar-refractivity contribution in [3.8, 4) is 0 Å².